The van der Waals surface area contributed by atoms with Gasteiger partial charge in [-0.15, -0.1) is 0 Å². The Morgan fingerprint density at radius 2 is 1.95 bits per heavy atom. The summed E-state index contributed by atoms with van der Waals surface area (Å²) < 4.78 is 0.363. The molecule has 1 N–H and O–H groups in total. The van der Waals surface area contributed by atoms with Crippen LogP contribution >= 0.6 is 23.4 Å². The van der Waals surface area contributed by atoms with E-state index in [1.54, 1.807) is 0 Å². The molecule has 1 heterocycles. The number of nitrogens with one attached hydrogen (secondary N) is 1. The molecule has 0 radical (unpaired) electrons. The van der Waals surface area contributed by atoms with Crippen LogP contribution in [0.25, 0.3) is 0 Å². The third-order valence-electron chi connectivity index (χ3n) is 4.15. The SMILES string of the molecule is CSC1(CNc2nc(C(C)C)nc(Cl)c2C)CCCC1. The highest BCUT2D eigenvalue weighted by molar-refractivity contribution is 8.00. The summed E-state index contributed by atoms with van der Waals surface area (Å²) in [6.45, 7) is 7.12. The van der Waals surface area contributed by atoms with Crippen molar-refractivity contribution in [2.24, 2.45) is 0 Å². The van der Waals surface area contributed by atoms with E-state index in [2.05, 4.69) is 35.4 Å². The fraction of sp³-hybridized carbons (Fsp3) is 0.733. The van der Waals surface area contributed by atoms with Crippen molar-refractivity contribution in [3.63, 3.8) is 0 Å². The Labute approximate surface area is 131 Å². The van der Waals surface area contributed by atoms with Crippen LogP contribution < -0.4 is 5.32 Å². The molecule has 1 aromatic rings. The smallest absolute Gasteiger partial charge is 0.137 e. The van der Waals surface area contributed by atoms with Gasteiger partial charge in [-0.1, -0.05) is 38.3 Å². The number of thioether (sulfide) groups is 1. The van der Waals surface area contributed by atoms with Crippen molar-refractivity contribution in [2.45, 2.75) is 57.1 Å². The average molecular weight is 314 g/mol. The Morgan fingerprint density at radius 3 is 2.50 bits per heavy atom. The second-order valence-electron chi connectivity index (χ2n) is 5.95. The summed E-state index contributed by atoms with van der Waals surface area (Å²) in [6.07, 6.45) is 7.46. The topological polar surface area (TPSA) is 37.8 Å². The molecule has 2 rings (SSSR count). The lowest BCUT2D eigenvalue weighted by Gasteiger charge is -2.27. The first-order valence-corrected chi connectivity index (χ1v) is 8.91. The normalized spacial score (nSPS) is 17.7. The number of aromatic nitrogens is 2. The van der Waals surface area contributed by atoms with Crippen molar-refractivity contribution in [3.05, 3.63) is 16.5 Å². The van der Waals surface area contributed by atoms with Crippen molar-refractivity contribution in [1.82, 2.24) is 9.97 Å². The number of halogens is 1. The third-order valence-corrected chi connectivity index (χ3v) is 5.93. The summed E-state index contributed by atoms with van der Waals surface area (Å²) in [5.41, 5.74) is 0.949. The van der Waals surface area contributed by atoms with E-state index in [1.807, 2.05) is 18.7 Å². The van der Waals surface area contributed by atoms with Crippen molar-refractivity contribution in [2.75, 3.05) is 18.1 Å². The zero-order chi connectivity index (χ0) is 14.8. The van der Waals surface area contributed by atoms with E-state index in [9.17, 15) is 0 Å². The molecule has 1 aliphatic rings. The monoisotopic (exact) mass is 313 g/mol. The zero-order valence-electron chi connectivity index (χ0n) is 12.8. The molecule has 1 saturated carbocycles. The van der Waals surface area contributed by atoms with Gasteiger partial charge in [-0.3, -0.25) is 0 Å². The van der Waals surface area contributed by atoms with Crippen molar-refractivity contribution in [3.8, 4) is 0 Å². The van der Waals surface area contributed by atoms with Crippen LogP contribution in [0.5, 0.6) is 0 Å². The van der Waals surface area contributed by atoms with Crippen LogP contribution in [0.1, 0.15) is 56.8 Å². The first-order chi connectivity index (χ1) is 9.47. The first kappa shape index (κ1) is 15.9. The van der Waals surface area contributed by atoms with Crippen LogP contribution in [-0.4, -0.2) is 27.5 Å². The summed E-state index contributed by atoms with van der Waals surface area (Å²) in [7, 11) is 0. The minimum absolute atomic E-state index is 0.287. The molecule has 112 valence electrons. The Kier molecular flexibility index (Phi) is 5.19. The second kappa shape index (κ2) is 6.52. The van der Waals surface area contributed by atoms with Crippen LogP contribution in [0, 0.1) is 6.92 Å². The molecule has 0 saturated heterocycles. The molecule has 20 heavy (non-hydrogen) atoms. The van der Waals surface area contributed by atoms with Gasteiger partial charge in [0.25, 0.3) is 0 Å². The molecule has 0 aromatic carbocycles. The van der Waals surface area contributed by atoms with E-state index in [1.165, 1.54) is 25.7 Å². The lowest BCUT2D eigenvalue weighted by molar-refractivity contribution is 0.637. The molecule has 1 aliphatic carbocycles. The fourth-order valence-corrected chi connectivity index (χ4v) is 3.74. The van der Waals surface area contributed by atoms with Gasteiger partial charge < -0.3 is 5.32 Å². The number of nitrogens with zero attached hydrogens (tertiary/aromatic N) is 2. The molecular weight excluding hydrogens is 290 g/mol. The van der Waals surface area contributed by atoms with E-state index in [0.717, 1.165) is 23.8 Å². The van der Waals surface area contributed by atoms with Gasteiger partial charge in [-0.25, -0.2) is 9.97 Å². The molecule has 0 bridgehead atoms. The molecular formula is C15H24ClN3S. The van der Waals surface area contributed by atoms with E-state index in [4.69, 9.17) is 11.6 Å². The largest absolute Gasteiger partial charge is 0.368 e. The molecule has 1 fully saturated rings. The Balaban J connectivity index is 2.16. The third kappa shape index (κ3) is 3.40. The highest BCUT2D eigenvalue weighted by atomic mass is 35.5. The van der Waals surface area contributed by atoms with Gasteiger partial charge in [0.15, 0.2) is 0 Å². The number of anilines is 1. The molecule has 5 heteroatoms. The molecule has 3 nitrogen and oxygen atoms in total. The van der Waals surface area contributed by atoms with Gasteiger partial charge in [-0.2, -0.15) is 11.8 Å². The summed E-state index contributed by atoms with van der Waals surface area (Å²) >= 11 is 8.21. The minimum Gasteiger partial charge on any atom is -0.368 e. The second-order valence-corrected chi connectivity index (χ2v) is 7.58. The highest BCUT2D eigenvalue weighted by Gasteiger charge is 2.33. The highest BCUT2D eigenvalue weighted by Crippen LogP contribution is 2.40. The van der Waals surface area contributed by atoms with Crippen LogP contribution in [0.15, 0.2) is 0 Å². The molecule has 0 unspecified atom stereocenters. The average Bonchev–Trinajstić information content (AvgIpc) is 2.89. The van der Waals surface area contributed by atoms with Gasteiger partial charge in [-0.05, 0) is 26.0 Å². The van der Waals surface area contributed by atoms with Crippen LogP contribution in [0.3, 0.4) is 0 Å². The predicted molar refractivity (Wildman–Crippen MR) is 89.1 cm³/mol. The summed E-state index contributed by atoms with van der Waals surface area (Å²) in [6, 6.07) is 0. The maximum absolute atomic E-state index is 6.23. The Hall–Kier alpha value is -0.480. The number of rotatable bonds is 5. The first-order valence-electron chi connectivity index (χ1n) is 7.30. The standard InChI is InChI=1S/C15H24ClN3S/c1-10(2)13-18-12(16)11(3)14(19-13)17-9-15(20-4)7-5-6-8-15/h10H,5-9H2,1-4H3,(H,17,18,19). The Morgan fingerprint density at radius 1 is 1.30 bits per heavy atom. The lowest BCUT2D eigenvalue weighted by Crippen LogP contribution is -2.30. The van der Waals surface area contributed by atoms with Crippen molar-refractivity contribution < 1.29 is 0 Å². The predicted octanol–water partition coefficient (Wildman–Crippen LogP) is 4.65. The zero-order valence-corrected chi connectivity index (χ0v) is 14.4. The molecule has 0 aliphatic heterocycles. The summed E-state index contributed by atoms with van der Waals surface area (Å²) in [5.74, 6) is 2.00. The van der Waals surface area contributed by atoms with Crippen LogP contribution in [0.2, 0.25) is 5.15 Å². The van der Waals surface area contributed by atoms with E-state index in [-0.39, 0.29) is 5.92 Å². The summed E-state index contributed by atoms with van der Waals surface area (Å²) in [5, 5.41) is 4.09. The van der Waals surface area contributed by atoms with Crippen LogP contribution in [-0.2, 0) is 0 Å². The minimum atomic E-state index is 0.287. The van der Waals surface area contributed by atoms with E-state index in [0.29, 0.717) is 9.90 Å². The number of hydrogen-bond donors (Lipinski definition) is 1. The van der Waals surface area contributed by atoms with Gasteiger partial charge in [0.1, 0.15) is 16.8 Å². The Bertz CT molecular complexity index is 470. The quantitative estimate of drug-likeness (QED) is 0.803. The molecule has 0 atom stereocenters. The van der Waals surface area contributed by atoms with E-state index >= 15 is 0 Å². The fourth-order valence-electron chi connectivity index (χ4n) is 2.65. The summed E-state index contributed by atoms with van der Waals surface area (Å²) in [4.78, 5) is 9.00. The van der Waals surface area contributed by atoms with Gasteiger partial charge in [0.05, 0.1) is 0 Å². The maximum Gasteiger partial charge on any atom is 0.137 e. The van der Waals surface area contributed by atoms with E-state index < -0.39 is 0 Å². The maximum atomic E-state index is 6.23. The molecule has 0 spiro atoms. The van der Waals surface area contributed by atoms with Gasteiger partial charge in [0, 0.05) is 22.8 Å². The van der Waals surface area contributed by atoms with Gasteiger partial charge in [0.2, 0.25) is 0 Å². The molecule has 0 amide bonds. The number of hydrogen-bond acceptors (Lipinski definition) is 4. The van der Waals surface area contributed by atoms with Gasteiger partial charge >= 0.3 is 0 Å². The van der Waals surface area contributed by atoms with Crippen LogP contribution in [0.4, 0.5) is 5.82 Å². The molecule has 1 aromatic heterocycles. The lowest BCUT2D eigenvalue weighted by atomic mass is 10.1. The van der Waals surface area contributed by atoms with Crippen molar-refractivity contribution in [1.29, 1.82) is 0 Å². The van der Waals surface area contributed by atoms with Crippen molar-refractivity contribution >= 4 is 29.2 Å².